The molecule has 0 saturated carbocycles. The van der Waals surface area contributed by atoms with Crippen molar-refractivity contribution in [2.45, 2.75) is 38.6 Å². The Labute approximate surface area is 191 Å². The molecule has 168 valence electrons. The van der Waals surface area contributed by atoms with Crippen molar-refractivity contribution in [3.8, 4) is 5.75 Å². The maximum atomic E-state index is 13.3. The van der Waals surface area contributed by atoms with Crippen molar-refractivity contribution in [1.82, 2.24) is 25.5 Å². The molecule has 0 aliphatic carbocycles. The number of aromatic amines is 1. The Kier molecular flexibility index (Phi) is 6.27. The van der Waals surface area contributed by atoms with Crippen molar-refractivity contribution in [3.05, 3.63) is 53.2 Å². The van der Waals surface area contributed by atoms with Gasteiger partial charge in [0.1, 0.15) is 22.1 Å². The van der Waals surface area contributed by atoms with E-state index in [0.29, 0.717) is 24.4 Å². The first kappa shape index (κ1) is 22.0. The van der Waals surface area contributed by atoms with Crippen LogP contribution in [0.3, 0.4) is 0 Å². The molecule has 4 rings (SSSR count). The lowest BCUT2D eigenvalue weighted by molar-refractivity contribution is -0.117. The highest BCUT2D eigenvalue weighted by atomic mass is 32.1. The Balaban J connectivity index is 1.70. The van der Waals surface area contributed by atoms with Gasteiger partial charge in [-0.25, -0.2) is 9.97 Å². The van der Waals surface area contributed by atoms with Gasteiger partial charge < -0.3 is 15.0 Å². The van der Waals surface area contributed by atoms with E-state index in [1.165, 1.54) is 6.33 Å². The molecule has 32 heavy (non-hydrogen) atoms. The van der Waals surface area contributed by atoms with Crippen LogP contribution in [0.4, 0.5) is 5.00 Å². The highest BCUT2D eigenvalue weighted by molar-refractivity contribution is 7.16. The molecular formula is C23H28N6O2S. The maximum absolute atomic E-state index is 13.3. The fraction of sp³-hybridized carbons (Fsp3) is 0.391. The summed E-state index contributed by atoms with van der Waals surface area (Å²) in [5, 5.41) is 11.8. The van der Waals surface area contributed by atoms with Crippen molar-refractivity contribution < 1.29 is 9.53 Å². The molecule has 0 radical (unpaired) electrons. The molecule has 1 atom stereocenters. The molecule has 0 bridgehead atoms. The van der Waals surface area contributed by atoms with Crippen molar-refractivity contribution in [1.29, 1.82) is 0 Å². The standard InChI is InChI=1S/C23H28N6O2S/c1-5-6-11-31-16-9-7-15(8-10-16)23(2)12-17(22-24-13-18(32-22)29(3)4)19(21(30)27-23)20-25-14-26-28-20/h7-10,13-14H,5-6,11-12H2,1-4H3,(H,27,30)(H,25,26,28)/t23-/m0/s1. The van der Waals surface area contributed by atoms with E-state index in [1.807, 2.05) is 56.4 Å². The molecule has 3 aromatic rings. The summed E-state index contributed by atoms with van der Waals surface area (Å²) in [5.74, 6) is 1.08. The number of nitrogens with one attached hydrogen (secondary N) is 2. The van der Waals surface area contributed by atoms with Gasteiger partial charge >= 0.3 is 0 Å². The first-order chi connectivity index (χ1) is 15.4. The molecule has 0 unspecified atom stereocenters. The predicted octanol–water partition coefficient (Wildman–Crippen LogP) is 3.85. The summed E-state index contributed by atoms with van der Waals surface area (Å²) >= 11 is 1.55. The van der Waals surface area contributed by atoms with Crippen LogP contribution in [0.5, 0.6) is 5.75 Å². The number of nitrogens with zero attached hydrogens (tertiary/aromatic N) is 4. The number of unbranched alkanes of at least 4 members (excludes halogenated alkanes) is 1. The number of carbonyl (C=O) groups excluding carboxylic acids is 1. The summed E-state index contributed by atoms with van der Waals surface area (Å²) in [6.07, 6.45) is 5.93. The van der Waals surface area contributed by atoms with Crippen molar-refractivity contribution in [2.75, 3.05) is 25.6 Å². The van der Waals surface area contributed by atoms with E-state index in [2.05, 4.69) is 32.4 Å². The molecule has 2 N–H and O–H groups in total. The van der Waals surface area contributed by atoms with Crippen LogP contribution in [0.25, 0.3) is 11.1 Å². The van der Waals surface area contributed by atoms with E-state index in [4.69, 9.17) is 4.74 Å². The number of amides is 1. The molecule has 1 aliphatic heterocycles. The number of hydrogen-bond donors (Lipinski definition) is 2. The van der Waals surface area contributed by atoms with Crippen LogP contribution in [0.15, 0.2) is 36.8 Å². The van der Waals surface area contributed by atoms with Crippen LogP contribution in [0.1, 0.15) is 49.5 Å². The van der Waals surface area contributed by atoms with Crippen LogP contribution < -0.4 is 15.0 Å². The normalized spacial score (nSPS) is 18.6. The minimum absolute atomic E-state index is 0.199. The quantitative estimate of drug-likeness (QED) is 0.504. The molecule has 1 amide bonds. The van der Waals surface area contributed by atoms with Crippen LogP contribution in [-0.2, 0) is 10.3 Å². The predicted molar refractivity (Wildman–Crippen MR) is 127 cm³/mol. The Morgan fingerprint density at radius 1 is 1.22 bits per heavy atom. The maximum Gasteiger partial charge on any atom is 0.256 e. The van der Waals surface area contributed by atoms with E-state index < -0.39 is 5.54 Å². The lowest BCUT2D eigenvalue weighted by Gasteiger charge is -2.36. The fourth-order valence-electron chi connectivity index (χ4n) is 3.73. The van der Waals surface area contributed by atoms with E-state index in [1.54, 1.807) is 11.3 Å². The number of thiazole rings is 1. The third-order valence-corrected chi connectivity index (χ3v) is 6.78. The average molecular weight is 453 g/mol. The van der Waals surface area contributed by atoms with Crippen LogP contribution in [-0.4, -0.2) is 46.8 Å². The van der Waals surface area contributed by atoms with Gasteiger partial charge in [0.05, 0.1) is 23.9 Å². The Hall–Kier alpha value is -3.20. The minimum Gasteiger partial charge on any atom is -0.494 e. The van der Waals surface area contributed by atoms with Gasteiger partial charge in [0.2, 0.25) is 0 Å². The van der Waals surface area contributed by atoms with E-state index >= 15 is 0 Å². The number of ether oxygens (including phenoxy) is 1. The Morgan fingerprint density at radius 2 is 2.00 bits per heavy atom. The number of carbonyl (C=O) groups is 1. The second-order valence-electron chi connectivity index (χ2n) is 8.28. The minimum atomic E-state index is -0.595. The highest BCUT2D eigenvalue weighted by Gasteiger charge is 2.39. The zero-order chi connectivity index (χ0) is 22.7. The summed E-state index contributed by atoms with van der Waals surface area (Å²) in [6.45, 7) is 4.88. The molecule has 1 aromatic carbocycles. The number of H-pyrrole nitrogens is 1. The Morgan fingerprint density at radius 3 is 2.62 bits per heavy atom. The molecule has 0 saturated heterocycles. The van der Waals surface area contributed by atoms with Crippen LogP contribution in [0.2, 0.25) is 0 Å². The van der Waals surface area contributed by atoms with E-state index in [9.17, 15) is 4.79 Å². The molecule has 2 aromatic heterocycles. The van der Waals surface area contributed by atoms with Gasteiger partial charge in [-0.2, -0.15) is 5.10 Å². The van der Waals surface area contributed by atoms with Gasteiger partial charge in [-0.05, 0) is 31.0 Å². The van der Waals surface area contributed by atoms with Gasteiger partial charge in [0, 0.05) is 26.1 Å². The van der Waals surface area contributed by atoms with Crippen molar-refractivity contribution >= 4 is 33.4 Å². The molecular weight excluding hydrogens is 424 g/mol. The Bertz CT molecular complexity index is 1100. The SMILES string of the molecule is CCCCOc1ccc([C@]2(C)CC(c3ncc(N(C)C)s3)=C(c3ncn[nH]3)C(=O)N2)cc1. The van der Waals surface area contributed by atoms with E-state index in [-0.39, 0.29) is 5.91 Å². The van der Waals surface area contributed by atoms with Gasteiger partial charge in [-0.3, -0.25) is 9.89 Å². The number of aromatic nitrogens is 4. The summed E-state index contributed by atoms with van der Waals surface area (Å²) in [4.78, 5) is 24.2. The number of anilines is 1. The lowest BCUT2D eigenvalue weighted by atomic mass is 9.80. The van der Waals surface area contributed by atoms with Crippen molar-refractivity contribution in [3.63, 3.8) is 0 Å². The topological polar surface area (TPSA) is 96.0 Å². The third kappa shape index (κ3) is 4.38. The number of hydrogen-bond acceptors (Lipinski definition) is 7. The monoisotopic (exact) mass is 452 g/mol. The molecule has 0 spiro atoms. The summed E-state index contributed by atoms with van der Waals surface area (Å²) in [5.41, 5.74) is 1.75. The summed E-state index contributed by atoms with van der Waals surface area (Å²) in [6, 6.07) is 7.97. The molecule has 8 nitrogen and oxygen atoms in total. The smallest absolute Gasteiger partial charge is 0.256 e. The largest absolute Gasteiger partial charge is 0.494 e. The van der Waals surface area contributed by atoms with Crippen LogP contribution in [0, 0.1) is 0 Å². The number of benzene rings is 1. The van der Waals surface area contributed by atoms with Gasteiger partial charge in [-0.15, -0.1) is 0 Å². The van der Waals surface area contributed by atoms with Gasteiger partial charge in [0.15, 0.2) is 5.82 Å². The van der Waals surface area contributed by atoms with E-state index in [0.717, 1.165) is 39.7 Å². The molecule has 9 heteroatoms. The molecule has 0 fully saturated rings. The average Bonchev–Trinajstić information content (AvgIpc) is 3.46. The van der Waals surface area contributed by atoms with Gasteiger partial charge in [0.25, 0.3) is 5.91 Å². The first-order valence-electron chi connectivity index (χ1n) is 10.7. The fourth-order valence-corrected chi connectivity index (χ4v) is 4.62. The lowest BCUT2D eigenvalue weighted by Crippen LogP contribution is -2.47. The molecule has 3 heterocycles. The van der Waals surface area contributed by atoms with Crippen LogP contribution >= 0.6 is 11.3 Å². The zero-order valence-corrected chi connectivity index (χ0v) is 19.6. The first-order valence-corrected chi connectivity index (χ1v) is 11.5. The number of rotatable bonds is 8. The summed E-state index contributed by atoms with van der Waals surface area (Å²) < 4.78 is 5.80. The third-order valence-electron chi connectivity index (χ3n) is 5.55. The molecule has 1 aliphatic rings. The summed E-state index contributed by atoms with van der Waals surface area (Å²) in [7, 11) is 3.95. The second kappa shape index (κ2) is 9.12. The second-order valence-corrected chi connectivity index (χ2v) is 9.28. The highest BCUT2D eigenvalue weighted by Crippen LogP contribution is 2.43. The van der Waals surface area contributed by atoms with Crippen molar-refractivity contribution in [2.24, 2.45) is 0 Å². The zero-order valence-electron chi connectivity index (χ0n) is 18.8. The van der Waals surface area contributed by atoms with Gasteiger partial charge in [-0.1, -0.05) is 36.8 Å².